The molecule has 1 N–H and O–H groups in total. The van der Waals surface area contributed by atoms with Crippen LogP contribution in [-0.2, 0) is 4.74 Å². The van der Waals surface area contributed by atoms with Crippen LogP contribution in [0.1, 0.15) is 25.0 Å². The number of aliphatic hydroxyl groups is 1. The third kappa shape index (κ3) is 2.85. The van der Waals surface area contributed by atoms with E-state index in [1.807, 2.05) is 4.90 Å². The van der Waals surface area contributed by atoms with E-state index in [0.29, 0.717) is 17.8 Å². The van der Waals surface area contributed by atoms with Gasteiger partial charge in [-0.1, -0.05) is 6.07 Å². The monoisotopic (exact) mass is 266 g/mol. The van der Waals surface area contributed by atoms with Crippen LogP contribution in [0.2, 0.25) is 0 Å². The Bertz CT molecular complexity index is 476. The van der Waals surface area contributed by atoms with Crippen LogP contribution in [0.25, 0.3) is 0 Å². The Hall–Kier alpha value is -1.66. The first kappa shape index (κ1) is 13.8. The first-order chi connectivity index (χ1) is 9.02. The van der Waals surface area contributed by atoms with Gasteiger partial charge in [0.15, 0.2) is 0 Å². The molecule has 1 aromatic rings. The molecule has 0 spiro atoms. The number of hydrogen-bond donors (Lipinski definition) is 1. The summed E-state index contributed by atoms with van der Waals surface area (Å²) in [6.45, 7) is 2.99. The summed E-state index contributed by atoms with van der Waals surface area (Å²) in [6, 6.07) is 4.88. The molecule has 2 atom stereocenters. The van der Waals surface area contributed by atoms with E-state index < -0.39 is 11.0 Å². The molecular formula is C13H18N2O4. The minimum atomic E-state index is -0.710. The highest BCUT2D eigenvalue weighted by atomic mass is 16.6. The Morgan fingerprint density at radius 2 is 2.32 bits per heavy atom. The molecule has 1 aliphatic heterocycles. The van der Waals surface area contributed by atoms with E-state index in [0.717, 1.165) is 13.0 Å². The fourth-order valence-electron chi connectivity index (χ4n) is 2.35. The van der Waals surface area contributed by atoms with Gasteiger partial charge in [0.05, 0.1) is 17.1 Å². The number of nitro benzene ring substituents is 1. The van der Waals surface area contributed by atoms with Crippen LogP contribution in [0.3, 0.4) is 0 Å². The van der Waals surface area contributed by atoms with Crippen LogP contribution in [0.4, 0.5) is 11.4 Å². The third-order valence-electron chi connectivity index (χ3n) is 3.50. The van der Waals surface area contributed by atoms with E-state index in [2.05, 4.69) is 0 Å². The molecule has 6 nitrogen and oxygen atoms in total. The number of methoxy groups -OCH3 is 1. The molecule has 6 heteroatoms. The topological polar surface area (TPSA) is 75.8 Å². The summed E-state index contributed by atoms with van der Waals surface area (Å²) in [7, 11) is 1.65. The molecule has 0 aromatic heterocycles. The maximum atomic E-state index is 11.2. The van der Waals surface area contributed by atoms with Crippen molar-refractivity contribution in [2.24, 2.45) is 0 Å². The van der Waals surface area contributed by atoms with E-state index in [-0.39, 0.29) is 11.8 Å². The number of aliphatic hydroxyl groups excluding tert-OH is 1. The van der Waals surface area contributed by atoms with E-state index in [9.17, 15) is 15.2 Å². The third-order valence-corrected chi connectivity index (χ3v) is 3.50. The smallest absolute Gasteiger partial charge is 0.292 e. The molecule has 1 aromatic carbocycles. The van der Waals surface area contributed by atoms with Crippen molar-refractivity contribution in [1.29, 1.82) is 0 Å². The zero-order valence-electron chi connectivity index (χ0n) is 11.1. The molecule has 1 unspecified atom stereocenters. The van der Waals surface area contributed by atoms with Crippen LogP contribution in [0.5, 0.6) is 0 Å². The Kier molecular flexibility index (Phi) is 4.01. The van der Waals surface area contributed by atoms with Gasteiger partial charge in [-0.3, -0.25) is 10.1 Å². The van der Waals surface area contributed by atoms with E-state index in [1.165, 1.54) is 6.07 Å². The highest BCUT2D eigenvalue weighted by Gasteiger charge is 2.27. The van der Waals surface area contributed by atoms with Crippen LogP contribution in [-0.4, -0.2) is 36.3 Å². The molecular weight excluding hydrogens is 248 g/mol. The van der Waals surface area contributed by atoms with Gasteiger partial charge in [-0.05, 0) is 25.0 Å². The highest BCUT2D eigenvalue weighted by molar-refractivity contribution is 5.65. The maximum absolute atomic E-state index is 11.2. The largest absolute Gasteiger partial charge is 0.389 e. The van der Waals surface area contributed by atoms with Crippen molar-refractivity contribution in [2.75, 3.05) is 25.1 Å². The Labute approximate surface area is 111 Å². The van der Waals surface area contributed by atoms with Crippen molar-refractivity contribution in [2.45, 2.75) is 25.6 Å². The number of hydrogen-bond acceptors (Lipinski definition) is 5. The van der Waals surface area contributed by atoms with Crippen LogP contribution in [0.15, 0.2) is 18.2 Å². The molecule has 1 fully saturated rings. The van der Waals surface area contributed by atoms with Crippen molar-refractivity contribution < 1.29 is 14.8 Å². The van der Waals surface area contributed by atoms with Gasteiger partial charge in [0, 0.05) is 26.3 Å². The van der Waals surface area contributed by atoms with Gasteiger partial charge in [-0.25, -0.2) is 0 Å². The standard InChI is InChI=1S/C13H18N2O4/c1-9(16)10-3-4-12(13(7-10)15(17)18)14-6-5-11(8-14)19-2/h3-4,7,9,11,16H,5-6,8H2,1-2H3/t9-,11?/m0/s1. The summed E-state index contributed by atoms with van der Waals surface area (Å²) < 4.78 is 5.27. The lowest BCUT2D eigenvalue weighted by atomic mass is 10.1. The summed E-state index contributed by atoms with van der Waals surface area (Å²) in [4.78, 5) is 12.7. The normalized spacial score (nSPS) is 20.6. The number of nitrogens with zero attached hydrogens (tertiary/aromatic N) is 2. The average molecular weight is 266 g/mol. The van der Waals surface area contributed by atoms with Gasteiger partial charge < -0.3 is 14.7 Å². The molecule has 19 heavy (non-hydrogen) atoms. The van der Waals surface area contributed by atoms with Crippen molar-refractivity contribution >= 4 is 11.4 Å². The van der Waals surface area contributed by atoms with Gasteiger partial charge in [-0.2, -0.15) is 0 Å². The molecule has 0 aliphatic carbocycles. The van der Waals surface area contributed by atoms with Gasteiger partial charge in [0.2, 0.25) is 0 Å². The minimum absolute atomic E-state index is 0.0372. The molecule has 0 saturated carbocycles. The molecule has 104 valence electrons. The molecule has 0 radical (unpaired) electrons. The maximum Gasteiger partial charge on any atom is 0.292 e. The summed E-state index contributed by atoms with van der Waals surface area (Å²) >= 11 is 0. The second kappa shape index (κ2) is 5.54. The van der Waals surface area contributed by atoms with E-state index in [4.69, 9.17) is 4.74 Å². The van der Waals surface area contributed by atoms with Gasteiger partial charge >= 0.3 is 0 Å². The number of ether oxygens (including phenoxy) is 1. The first-order valence-electron chi connectivity index (χ1n) is 6.27. The van der Waals surface area contributed by atoms with Crippen LogP contribution in [0, 0.1) is 10.1 Å². The van der Waals surface area contributed by atoms with Crippen molar-refractivity contribution in [3.63, 3.8) is 0 Å². The lowest BCUT2D eigenvalue weighted by molar-refractivity contribution is -0.384. The Morgan fingerprint density at radius 1 is 1.58 bits per heavy atom. The summed E-state index contributed by atoms with van der Waals surface area (Å²) in [5, 5.41) is 20.7. The molecule has 1 saturated heterocycles. The van der Waals surface area contributed by atoms with Gasteiger partial charge in [0.25, 0.3) is 5.69 Å². The number of rotatable bonds is 4. The first-order valence-corrected chi connectivity index (χ1v) is 6.27. The van der Waals surface area contributed by atoms with E-state index in [1.54, 1.807) is 26.2 Å². The van der Waals surface area contributed by atoms with Crippen molar-refractivity contribution in [1.82, 2.24) is 0 Å². The van der Waals surface area contributed by atoms with Crippen molar-refractivity contribution in [3.8, 4) is 0 Å². The predicted octanol–water partition coefficient (Wildman–Crippen LogP) is 1.87. The van der Waals surface area contributed by atoms with E-state index >= 15 is 0 Å². The minimum Gasteiger partial charge on any atom is -0.389 e. The summed E-state index contributed by atoms with van der Waals surface area (Å²) in [5.41, 5.74) is 1.18. The molecule has 1 heterocycles. The van der Waals surface area contributed by atoms with Crippen LogP contribution < -0.4 is 4.90 Å². The second-order valence-corrected chi connectivity index (χ2v) is 4.77. The molecule has 0 bridgehead atoms. The Morgan fingerprint density at radius 3 is 2.84 bits per heavy atom. The summed E-state index contributed by atoms with van der Waals surface area (Å²) in [6.07, 6.45) is 0.278. The van der Waals surface area contributed by atoms with Crippen LogP contribution >= 0.6 is 0 Å². The second-order valence-electron chi connectivity index (χ2n) is 4.77. The lowest BCUT2D eigenvalue weighted by Gasteiger charge is -2.19. The fraction of sp³-hybridized carbons (Fsp3) is 0.538. The average Bonchev–Trinajstić information content (AvgIpc) is 2.86. The van der Waals surface area contributed by atoms with Gasteiger partial charge in [-0.15, -0.1) is 0 Å². The van der Waals surface area contributed by atoms with Crippen molar-refractivity contribution in [3.05, 3.63) is 33.9 Å². The zero-order valence-corrected chi connectivity index (χ0v) is 11.1. The predicted molar refractivity (Wildman–Crippen MR) is 71.4 cm³/mol. The quantitative estimate of drug-likeness (QED) is 0.665. The lowest BCUT2D eigenvalue weighted by Crippen LogP contribution is -2.23. The SMILES string of the molecule is COC1CCN(c2ccc([C@H](C)O)cc2[N+](=O)[O-])C1. The highest BCUT2D eigenvalue weighted by Crippen LogP contribution is 2.33. The number of anilines is 1. The number of nitro groups is 1. The molecule has 0 amide bonds. The fourth-order valence-corrected chi connectivity index (χ4v) is 2.35. The van der Waals surface area contributed by atoms with Gasteiger partial charge in [0.1, 0.15) is 5.69 Å². The number of benzene rings is 1. The zero-order chi connectivity index (χ0) is 14.0. The molecule has 1 aliphatic rings. The summed E-state index contributed by atoms with van der Waals surface area (Å²) in [5.74, 6) is 0. The molecule has 2 rings (SSSR count). The Balaban J connectivity index is 2.32.